The minimum atomic E-state index is -1.07. The fourth-order valence-corrected chi connectivity index (χ4v) is 14.5. The summed E-state index contributed by atoms with van der Waals surface area (Å²) in [6.45, 7) is 2.90. The number of imidazole rings is 1. The zero-order valence-corrected chi connectivity index (χ0v) is 79.2. The average Bonchev–Trinajstić information content (AvgIpc) is 1.61. The number of fused-ring (bicyclic) bond motifs is 4. The summed E-state index contributed by atoms with van der Waals surface area (Å²) in [5.74, 6) is -5.68. The molecule has 750 valence electrons. The van der Waals surface area contributed by atoms with Crippen LogP contribution < -0.4 is 63.0 Å². The van der Waals surface area contributed by atoms with Crippen molar-refractivity contribution in [1.82, 2.24) is 24.4 Å². The molecule has 15 aromatic rings. The molecule has 8 heterocycles. The van der Waals surface area contributed by atoms with Crippen molar-refractivity contribution in [2.45, 2.75) is 32.6 Å². The molecule has 40 heteroatoms. The van der Waals surface area contributed by atoms with Crippen LogP contribution in [0.4, 0.5) is 68.4 Å². The molecule has 0 fully saturated rings. The van der Waals surface area contributed by atoms with E-state index in [9.17, 15) is 62.3 Å². The number of carbonyl (C=O) groups excluding carboxylic acids is 7. The Bertz CT molecular complexity index is 7390. The Morgan fingerprint density at radius 1 is 0.439 bits per heavy atom. The number of cyclic esters (lactones) is 2. The summed E-state index contributed by atoms with van der Waals surface area (Å²) in [5, 5.41) is 63.9. The number of aldehydes is 1. The van der Waals surface area contributed by atoms with Crippen molar-refractivity contribution in [3.8, 4) is 0 Å². The number of aromatic carboxylic acids is 3. The van der Waals surface area contributed by atoms with Gasteiger partial charge >= 0.3 is 47.5 Å². The quantitative estimate of drug-likeness (QED) is 0.00345. The van der Waals surface area contributed by atoms with Gasteiger partial charge in [-0.25, -0.2) is 48.7 Å². The van der Waals surface area contributed by atoms with Crippen LogP contribution in [-0.4, -0.2) is 186 Å². The van der Waals surface area contributed by atoms with Gasteiger partial charge in [-0.15, -0.1) is 0 Å². The van der Waals surface area contributed by atoms with E-state index in [0.29, 0.717) is 101 Å². The maximum absolute atomic E-state index is 13.0. The molecular weight excluding hydrogens is 1900 g/mol. The van der Waals surface area contributed by atoms with E-state index < -0.39 is 59.3 Å². The van der Waals surface area contributed by atoms with Crippen LogP contribution in [0.15, 0.2) is 363 Å². The third kappa shape index (κ3) is 29.4. The predicted molar refractivity (Wildman–Crippen MR) is 556 cm³/mol. The summed E-state index contributed by atoms with van der Waals surface area (Å²) in [6.07, 6.45) is 11.9. The van der Waals surface area contributed by atoms with Gasteiger partial charge in [-0.2, -0.15) is 5.10 Å². The molecule has 0 bridgehead atoms. The van der Waals surface area contributed by atoms with Crippen LogP contribution in [0.3, 0.4) is 0 Å². The number of hydrogen-bond acceptors (Lipinski definition) is 30. The van der Waals surface area contributed by atoms with Gasteiger partial charge in [0.15, 0.2) is 0 Å². The highest BCUT2D eigenvalue weighted by Gasteiger charge is 2.38. The average molecular weight is 2000 g/mol. The smallest absolute Gasteiger partial charge is 0.346 e. The second-order valence-corrected chi connectivity index (χ2v) is 32.2. The molecular formula is C108H97N19O21. The Morgan fingerprint density at radius 3 is 1.43 bits per heavy atom. The number of benzene rings is 11. The van der Waals surface area contributed by atoms with Gasteiger partial charge in [-0.3, -0.25) is 58.7 Å². The summed E-state index contributed by atoms with van der Waals surface area (Å²) in [7, 11) is 4.03. The summed E-state index contributed by atoms with van der Waals surface area (Å²) in [6, 6.07) is 87.7. The number of aliphatic carboxylic acids is 2. The van der Waals surface area contributed by atoms with E-state index in [1.807, 2.05) is 160 Å². The molecule has 0 atom stereocenters. The lowest BCUT2D eigenvalue weighted by molar-refractivity contribution is -0.138. The Balaban J connectivity index is 0.000000148. The number of ether oxygens (including phenoxy) is 1. The highest BCUT2D eigenvalue weighted by atomic mass is 16.6. The Kier molecular flexibility index (Phi) is 36.7. The van der Waals surface area contributed by atoms with Gasteiger partial charge in [0.1, 0.15) is 41.7 Å². The van der Waals surface area contributed by atoms with E-state index in [0.717, 1.165) is 68.0 Å². The number of nitrogens with two attached hydrogens (primary N) is 1. The van der Waals surface area contributed by atoms with Gasteiger partial charge in [0.2, 0.25) is 0 Å². The van der Waals surface area contributed by atoms with Crippen molar-refractivity contribution in [3.05, 3.63) is 418 Å². The van der Waals surface area contributed by atoms with Crippen LogP contribution in [0.2, 0.25) is 0 Å². The number of hydrogen-bond donors (Lipinski definition) is 13. The Labute approximate surface area is 844 Å². The first-order valence-corrected chi connectivity index (χ1v) is 45.4. The first-order valence-electron chi connectivity index (χ1n) is 45.4. The number of rotatable bonds is 33. The number of aliphatic imine (C=N–C) groups is 2. The number of aromatic nitrogens is 4. The molecule has 0 radical (unpaired) electrons. The van der Waals surface area contributed by atoms with Crippen LogP contribution >= 0.6 is 0 Å². The van der Waals surface area contributed by atoms with E-state index in [4.69, 9.17) is 40.1 Å². The number of esters is 2. The molecule has 19 rings (SSSR count). The molecule has 4 aliphatic heterocycles. The number of anilines is 10. The molecule has 4 aromatic heterocycles. The zero-order chi connectivity index (χ0) is 105. The monoisotopic (exact) mass is 2000 g/mol. The molecule has 0 unspecified atom stereocenters. The van der Waals surface area contributed by atoms with Gasteiger partial charge in [0, 0.05) is 96.6 Å². The summed E-state index contributed by atoms with van der Waals surface area (Å²) < 4.78 is 16.7. The fraction of sp³-hybridized carbons (Fsp3) is 0.111. The van der Waals surface area contributed by atoms with Crippen molar-refractivity contribution in [1.29, 1.82) is 0 Å². The molecule has 4 amide bonds. The number of H-pyrrole nitrogens is 1. The van der Waals surface area contributed by atoms with Crippen LogP contribution in [0.1, 0.15) is 124 Å². The number of hydrazone groups is 1. The predicted octanol–water partition coefficient (Wildman–Crippen LogP) is 15.6. The minimum absolute atomic E-state index is 0.0694. The number of imide groups is 1. The maximum Gasteiger partial charge on any atom is 0.346 e. The van der Waals surface area contributed by atoms with Crippen molar-refractivity contribution in [3.63, 3.8) is 0 Å². The van der Waals surface area contributed by atoms with Gasteiger partial charge in [-0.05, 0) is 200 Å². The van der Waals surface area contributed by atoms with Crippen molar-refractivity contribution in [2.75, 3.05) is 98.8 Å². The molecule has 0 saturated heterocycles. The second kappa shape index (κ2) is 51.7. The van der Waals surface area contributed by atoms with E-state index >= 15 is 0 Å². The number of amides is 4. The largest absolute Gasteiger partial charge is 0.481 e. The van der Waals surface area contributed by atoms with Crippen LogP contribution in [-0.2, 0) is 43.7 Å². The number of furan rings is 2. The number of carboxylic acid groups (broad SMARTS) is 5. The molecule has 0 saturated carbocycles. The van der Waals surface area contributed by atoms with E-state index in [2.05, 4.69) is 76.6 Å². The molecule has 148 heavy (non-hydrogen) atoms. The summed E-state index contributed by atoms with van der Waals surface area (Å²) in [5.41, 5.74) is 20.9. The lowest BCUT2D eigenvalue weighted by Gasteiger charge is -2.20. The number of carbonyl (C=O) groups is 12. The Morgan fingerprint density at radius 2 is 0.926 bits per heavy atom. The fourth-order valence-electron chi connectivity index (χ4n) is 14.5. The van der Waals surface area contributed by atoms with Crippen LogP contribution in [0, 0.1) is 0 Å². The van der Waals surface area contributed by atoms with Gasteiger partial charge < -0.3 is 85.8 Å². The topological polar surface area (TPSA) is 557 Å². The van der Waals surface area contributed by atoms with Crippen molar-refractivity contribution < 1.29 is 96.6 Å². The number of para-hydroxylation sites is 4. The van der Waals surface area contributed by atoms with Gasteiger partial charge in [0.25, 0.3) is 23.6 Å². The lowest BCUT2D eigenvalue weighted by atomic mass is 10.1. The zero-order valence-electron chi connectivity index (χ0n) is 79.2. The summed E-state index contributed by atoms with van der Waals surface area (Å²) >= 11 is 0. The van der Waals surface area contributed by atoms with Crippen LogP contribution in [0.25, 0.3) is 0 Å². The third-order valence-electron chi connectivity index (χ3n) is 22.0. The first-order chi connectivity index (χ1) is 71.6. The minimum Gasteiger partial charge on any atom is -0.481 e. The maximum atomic E-state index is 13.0. The van der Waals surface area contributed by atoms with Gasteiger partial charge in [-0.1, -0.05) is 103 Å². The first kappa shape index (κ1) is 105. The Hall–Kier alpha value is -20.3. The molecule has 14 N–H and O–H groups in total. The number of nitrogens with one attached hydrogen (secondary N) is 7. The molecule has 40 nitrogen and oxygen atoms in total. The van der Waals surface area contributed by atoms with Crippen molar-refractivity contribution in [2.24, 2.45) is 20.8 Å². The normalized spacial score (nSPS) is 12.6. The number of aromatic amines is 1. The molecule has 11 aromatic carbocycles. The van der Waals surface area contributed by atoms with E-state index in [-0.39, 0.29) is 72.4 Å². The standard InChI is InChI=1S/C22H22N4O2.C20H15N5O4.C19H14N4O3.C16H14N2O5.C15H16N2O.C13H9NO4.C3H7NO2/c1-26(16-23-19-7-3-2-4-8-19)21-12-10-17(11-13-21)15-24-25-20-9-5-6-18(14-20)22(27)28;26-18-17(23-13-5-3-4-12(10-13)19(27)28)14-6-1-2-7-15(14)25(18)11-22-16-8-9-21-20(29)24-16;24-18-17(21-14-5-3-4-13(10-14)19(25)26)15-6-1-2-7-16(15)23(18)12-22-9-8-20-11-22;19-14(20)5-6-18-15(21)12-4-3-10(8-13(12)16(18)22)17-9-11-2-1-7-23-11;1-17(12-16-14-5-3-2-4-6-14)15-9-7-13(11-18)8-10-15;15-12-10-4-3-8(6-11(10)13(16)18-12)14-7-9-2-1-5-17-9;4-2-1-3(5)6/h2-15,23,25H,16H2,1H3,(H,27,28);1-10H,11H2,(H,27,28)(H2,21,22,24,29);1-11H,12H2,(H,25,26);1-4,7-8,17H,5-6,9H2,(H,19,20);2-11,16H,12H2,1H3;1-6,14H,7H2;1-2,4H2,(H,5,6)/b24-15+;;;;;;. The molecule has 4 aliphatic rings. The highest BCUT2D eigenvalue weighted by molar-refractivity contribution is 6.55. The number of carboxylic acids is 5. The second-order valence-electron chi connectivity index (χ2n) is 32.2. The highest BCUT2D eigenvalue weighted by Crippen LogP contribution is 2.35. The van der Waals surface area contributed by atoms with Crippen LogP contribution in [0.5, 0.6) is 0 Å². The van der Waals surface area contributed by atoms with E-state index in [1.54, 1.807) is 168 Å². The SMILES string of the molecule is CN(CNc1ccccc1)c1ccc(/C=N/Nc2cccc(C(=O)O)c2)cc1.CN(CNc1ccccc1)c1ccc(C=O)cc1.NCCC(=O)O.O=C(O)CCN1C(=O)c2ccc(NCc3ccco3)cc2C1=O.O=C(O)c1cccc(N=C2C(=O)N(CNc3ccnc(=O)[nH]3)c3ccccc32)c1.O=C(O)c1cccc(N=C2C(=O)N(Cn3ccnc3)c3ccccc32)c1.O=C1OC(=O)c2cc(NCc3ccco3)ccc21. The molecule has 0 aliphatic carbocycles. The summed E-state index contributed by atoms with van der Waals surface area (Å²) in [4.78, 5) is 176. The van der Waals surface area contributed by atoms with Gasteiger partial charge in [0.05, 0.1) is 138 Å². The van der Waals surface area contributed by atoms with Crippen molar-refractivity contribution >= 4 is 158 Å². The molecule has 0 spiro atoms. The lowest BCUT2D eigenvalue weighted by Crippen LogP contribution is -2.35. The third-order valence-corrected chi connectivity index (χ3v) is 22.0. The van der Waals surface area contributed by atoms with E-state index in [1.165, 1.54) is 41.4 Å². The number of nitrogens with zero attached hydrogens (tertiary/aromatic N) is 11.